The summed E-state index contributed by atoms with van der Waals surface area (Å²) in [6.45, 7) is 47.3. The number of hydrogen-bond acceptors (Lipinski definition) is 18. The maximum Gasteiger partial charge on any atom is 0.240 e. The Morgan fingerprint density at radius 1 is 0.627 bits per heavy atom. The van der Waals surface area contributed by atoms with Gasteiger partial charge in [0.05, 0.1) is 28.8 Å². The third-order valence-corrected chi connectivity index (χ3v) is 10.6. The zero-order chi connectivity index (χ0) is 52.0. The van der Waals surface area contributed by atoms with E-state index >= 15 is 0 Å². The minimum Gasteiger partial charge on any atom is -0.361 e. The van der Waals surface area contributed by atoms with Crippen LogP contribution in [-0.2, 0) is 19.3 Å². The Bertz CT molecular complexity index is 1870. The number of aliphatic imine (C=N–C) groups is 3. The molecule has 3 aliphatic heterocycles. The molecule has 6 rings (SSSR count). The Kier molecular flexibility index (Phi) is 33.5. The zero-order valence-corrected chi connectivity index (χ0v) is 46.3. The summed E-state index contributed by atoms with van der Waals surface area (Å²) in [5.41, 5.74) is 8.67. The van der Waals surface area contributed by atoms with Crippen molar-refractivity contribution in [1.82, 2.24) is 54.6 Å². The predicted octanol–water partition coefficient (Wildman–Crippen LogP) is 10.1. The number of aryl methyl sites for hydroxylation is 2. The average molecular weight is 991 g/mol. The molecule has 0 spiro atoms. The Morgan fingerprint density at radius 3 is 1.25 bits per heavy atom. The fourth-order valence-electron chi connectivity index (χ4n) is 4.10. The average Bonchev–Trinajstić information content (AvgIpc) is 4.12. The first-order chi connectivity index (χ1) is 31.2. The molecule has 6 N–H and O–H groups in total. The molecule has 0 unspecified atom stereocenters. The standard InChI is InChI=1S/C7H11NS.2C6H10N2O.2C6H10N2S.C5H9N3.2C5H11NO/c1-5(2)7-4-6(3)8-9-7;3*1-4(2)6-7-5(3)9-8-6;1-4(2)6-5(3)7-9-8-6;1-4(2)5-6-3-7-8-5;2*1-4(2)5(7)6-3/h4-5H,1-3H3;3*4H,3H2,1-2H3,(H,7,8);4H,1-3H3;3-4H,1-2H3,(H,6,7,8);2*4H,1-3H3,(H,6,7). The second-order valence-corrected chi connectivity index (χ2v) is 19.5. The van der Waals surface area contributed by atoms with Gasteiger partial charge in [-0.15, -0.1) is 0 Å². The molecule has 6 heterocycles. The van der Waals surface area contributed by atoms with Gasteiger partial charge in [0.25, 0.3) is 0 Å². The van der Waals surface area contributed by atoms with Gasteiger partial charge in [-0.3, -0.25) is 14.7 Å². The van der Waals surface area contributed by atoms with Crippen LogP contribution in [0.1, 0.15) is 156 Å². The van der Waals surface area contributed by atoms with Crippen LogP contribution in [0, 0.1) is 43.4 Å². The van der Waals surface area contributed by atoms with Gasteiger partial charge < -0.3 is 25.0 Å². The van der Waals surface area contributed by atoms with E-state index in [0.717, 1.165) is 45.4 Å². The first-order valence-corrected chi connectivity index (χ1v) is 24.6. The molecule has 0 saturated heterocycles. The molecule has 0 fully saturated rings. The summed E-state index contributed by atoms with van der Waals surface area (Å²) >= 11 is 4.39. The minimum absolute atomic E-state index is 0.0972. The zero-order valence-electron chi connectivity index (χ0n) is 43.8. The third kappa shape index (κ3) is 30.0. The molecule has 0 aromatic carbocycles. The topological polar surface area (TPSA) is 230 Å². The summed E-state index contributed by atoms with van der Waals surface area (Å²) in [6.07, 6.45) is 1.52. The van der Waals surface area contributed by atoms with E-state index in [1.54, 1.807) is 25.6 Å². The van der Waals surface area contributed by atoms with Gasteiger partial charge in [-0.25, -0.2) is 20.9 Å². The molecule has 18 nitrogen and oxygen atoms in total. The van der Waals surface area contributed by atoms with Crippen molar-refractivity contribution in [3.8, 4) is 0 Å². The summed E-state index contributed by atoms with van der Waals surface area (Å²) in [4.78, 5) is 47.8. The fraction of sp³-hybridized carbons (Fsp3) is 0.609. The molecule has 0 aliphatic carbocycles. The lowest BCUT2D eigenvalue weighted by molar-refractivity contribution is -0.124. The number of amidine groups is 3. The van der Waals surface area contributed by atoms with Crippen molar-refractivity contribution in [1.29, 1.82) is 0 Å². The lowest BCUT2D eigenvalue weighted by Gasteiger charge is -2.01. The highest BCUT2D eigenvalue weighted by Crippen LogP contribution is 2.20. The molecule has 2 amide bonds. The Labute approximate surface area is 414 Å². The predicted molar refractivity (Wildman–Crippen MR) is 281 cm³/mol. The van der Waals surface area contributed by atoms with Crippen molar-refractivity contribution in [3.05, 3.63) is 76.7 Å². The molecule has 0 bridgehead atoms. The molecule has 0 radical (unpaired) electrons. The van der Waals surface area contributed by atoms with Crippen molar-refractivity contribution < 1.29 is 19.3 Å². The van der Waals surface area contributed by atoms with Crippen LogP contribution < -0.4 is 26.3 Å². The van der Waals surface area contributed by atoms with Gasteiger partial charge in [0.1, 0.15) is 34.7 Å². The van der Waals surface area contributed by atoms with Gasteiger partial charge in [-0.1, -0.05) is 117 Å². The van der Waals surface area contributed by atoms with Gasteiger partial charge in [0.15, 0.2) is 0 Å². The second kappa shape index (κ2) is 35.1. The molecule has 0 atom stereocenters. The van der Waals surface area contributed by atoms with E-state index in [1.165, 1.54) is 34.9 Å². The van der Waals surface area contributed by atoms with Crippen molar-refractivity contribution in [2.24, 2.45) is 44.6 Å². The monoisotopic (exact) mass is 991 g/mol. The Hall–Kier alpha value is -5.15. The lowest BCUT2D eigenvalue weighted by Crippen LogP contribution is -2.22. The maximum atomic E-state index is 10.4. The molecular weight excluding hydrogens is 909 g/mol. The molecule has 378 valence electrons. The third-order valence-electron chi connectivity index (χ3n) is 8.17. The molecule has 3 aromatic rings. The molecule has 0 saturated carbocycles. The second-order valence-electron chi connectivity index (χ2n) is 17.2. The number of nitrogens with one attached hydrogen (secondary N) is 6. The number of hydroxylamine groups is 2. The number of rotatable bonds is 8. The number of aromatic nitrogens is 6. The molecule has 21 heteroatoms. The fourth-order valence-corrected chi connectivity index (χ4v) is 6.17. The summed E-state index contributed by atoms with van der Waals surface area (Å²) in [6, 6.07) is 2.15. The quantitative estimate of drug-likeness (QED) is 0.116. The number of aromatic amines is 1. The number of carbonyl (C=O) groups is 2. The van der Waals surface area contributed by atoms with Crippen molar-refractivity contribution in [2.45, 2.75) is 142 Å². The van der Waals surface area contributed by atoms with Crippen LogP contribution in [0.4, 0.5) is 0 Å². The lowest BCUT2D eigenvalue weighted by atomic mass is 10.1. The highest BCUT2D eigenvalue weighted by atomic mass is 32.2. The van der Waals surface area contributed by atoms with Crippen LogP contribution >= 0.6 is 35.2 Å². The van der Waals surface area contributed by atoms with E-state index in [4.69, 9.17) is 9.68 Å². The van der Waals surface area contributed by atoms with Crippen molar-refractivity contribution in [2.75, 3.05) is 14.1 Å². The van der Waals surface area contributed by atoms with Gasteiger partial charge in [0, 0.05) is 66.4 Å². The van der Waals surface area contributed by atoms with Gasteiger partial charge >= 0.3 is 0 Å². The Balaban J connectivity index is 0. The van der Waals surface area contributed by atoms with Gasteiger partial charge in [-0.2, -0.15) is 28.2 Å². The first-order valence-electron chi connectivity index (χ1n) is 22.3. The maximum absolute atomic E-state index is 10.4. The summed E-state index contributed by atoms with van der Waals surface area (Å²) in [5.74, 6) is 7.84. The summed E-state index contributed by atoms with van der Waals surface area (Å²) in [5, 5.41) is 12.4. The number of nitrogens with zero attached hydrogens (tertiary/aromatic N) is 8. The number of carbonyl (C=O) groups excluding carboxylic acids is 2. The van der Waals surface area contributed by atoms with E-state index in [9.17, 15) is 9.59 Å². The highest BCUT2D eigenvalue weighted by Gasteiger charge is 2.14. The van der Waals surface area contributed by atoms with Crippen molar-refractivity contribution in [3.63, 3.8) is 0 Å². The van der Waals surface area contributed by atoms with Crippen LogP contribution in [0.2, 0.25) is 0 Å². The number of amides is 2. The van der Waals surface area contributed by atoms with E-state index < -0.39 is 0 Å². The molecule has 3 aliphatic rings. The number of hydrogen-bond donors (Lipinski definition) is 6. The van der Waals surface area contributed by atoms with E-state index in [1.807, 2.05) is 69.2 Å². The smallest absolute Gasteiger partial charge is 0.240 e. The van der Waals surface area contributed by atoms with Crippen LogP contribution in [0.3, 0.4) is 0 Å². The Morgan fingerprint density at radius 2 is 1.10 bits per heavy atom. The number of H-pyrrole nitrogens is 1. The van der Waals surface area contributed by atoms with Crippen LogP contribution in [0.25, 0.3) is 0 Å². The van der Waals surface area contributed by atoms with E-state index in [-0.39, 0.29) is 23.7 Å². The summed E-state index contributed by atoms with van der Waals surface area (Å²) < 4.78 is 15.5. The highest BCUT2D eigenvalue weighted by molar-refractivity contribution is 8.02. The summed E-state index contributed by atoms with van der Waals surface area (Å²) in [7, 11) is 3.28. The van der Waals surface area contributed by atoms with E-state index in [2.05, 4.69) is 151 Å². The molecule has 67 heavy (non-hydrogen) atoms. The van der Waals surface area contributed by atoms with Gasteiger partial charge in [0.2, 0.25) is 23.6 Å². The van der Waals surface area contributed by atoms with Crippen LogP contribution in [-0.4, -0.2) is 71.7 Å². The SMILES string of the molecule is C=C1N=C(C(C)C)NO1.C=C1N=C(C(C)C)NO1.C=C1N=C(C(C)C)NS1.CC(C)c1ncn[nH]1.CNC(=O)C(C)C.CNC(=O)C(C)C.Cc1cc(C(C)C)sn1.Cc1nsnc1C(C)C. The van der Waals surface area contributed by atoms with Gasteiger partial charge in [-0.05, 0) is 56.4 Å². The van der Waals surface area contributed by atoms with Crippen LogP contribution in [0.15, 0.2) is 63.9 Å². The molecular formula is C46H82N14O4S3. The van der Waals surface area contributed by atoms with Crippen LogP contribution in [0.5, 0.6) is 0 Å². The minimum atomic E-state index is 0.0972. The molecule has 3 aromatic heterocycles. The van der Waals surface area contributed by atoms with Crippen molar-refractivity contribution >= 4 is 64.5 Å². The largest absolute Gasteiger partial charge is 0.361 e. The normalized spacial score (nSPS) is 13.1. The first kappa shape index (κ1) is 63.9. The van der Waals surface area contributed by atoms with E-state index in [0.29, 0.717) is 47.3 Å².